The zero-order valence-electron chi connectivity index (χ0n) is 15.9. The average molecular weight is 369 g/mol. The van der Waals surface area contributed by atoms with E-state index in [1.54, 1.807) is 25.4 Å². The molecule has 7 nitrogen and oxygen atoms in total. The number of benzene rings is 1. The van der Waals surface area contributed by atoms with E-state index in [2.05, 4.69) is 44.6 Å². The molecule has 1 aromatic carbocycles. The molecule has 1 aromatic heterocycles. The molecule has 27 heavy (non-hydrogen) atoms. The molecule has 0 aliphatic carbocycles. The highest BCUT2D eigenvalue weighted by molar-refractivity contribution is 6.04. The van der Waals surface area contributed by atoms with Gasteiger partial charge in [-0.3, -0.25) is 4.79 Å². The predicted molar refractivity (Wildman–Crippen MR) is 109 cm³/mol. The number of pyridine rings is 1. The Balaban J connectivity index is 1.54. The van der Waals surface area contributed by atoms with E-state index in [1.165, 1.54) is 5.69 Å². The molecule has 0 bridgehead atoms. The fourth-order valence-electron chi connectivity index (χ4n) is 2.94. The standard InChI is InChI=1S/C20H27N5O2/c1-24-10-12-25(13-11-24)18-6-4-17(5-7-18)23-20(26)16-3-8-19(22-15-16)21-9-14-27-2/h3-8,15H,9-14H2,1-2H3,(H,21,22)(H,23,26). The fraction of sp³-hybridized carbons (Fsp3) is 0.400. The Morgan fingerprint density at radius 2 is 1.85 bits per heavy atom. The SMILES string of the molecule is COCCNc1ccc(C(=O)Nc2ccc(N3CCN(C)CC3)cc2)cn1. The summed E-state index contributed by atoms with van der Waals surface area (Å²) in [5.41, 5.74) is 2.49. The van der Waals surface area contributed by atoms with Crippen molar-refractivity contribution in [1.29, 1.82) is 0 Å². The zero-order chi connectivity index (χ0) is 19.1. The van der Waals surface area contributed by atoms with Crippen molar-refractivity contribution in [1.82, 2.24) is 9.88 Å². The summed E-state index contributed by atoms with van der Waals surface area (Å²) in [6, 6.07) is 11.6. The van der Waals surface area contributed by atoms with Crippen molar-refractivity contribution in [2.24, 2.45) is 0 Å². The predicted octanol–water partition coefficient (Wildman–Crippen LogP) is 2.14. The summed E-state index contributed by atoms with van der Waals surface area (Å²) < 4.78 is 4.98. The number of carbonyl (C=O) groups is 1. The number of hydrogen-bond donors (Lipinski definition) is 2. The lowest BCUT2D eigenvalue weighted by molar-refractivity contribution is 0.102. The molecule has 1 aliphatic rings. The van der Waals surface area contributed by atoms with Crippen LogP contribution in [0.25, 0.3) is 0 Å². The number of nitrogens with one attached hydrogen (secondary N) is 2. The van der Waals surface area contributed by atoms with Crippen LogP contribution in [0, 0.1) is 0 Å². The van der Waals surface area contributed by atoms with Gasteiger partial charge in [0.1, 0.15) is 5.82 Å². The van der Waals surface area contributed by atoms with Gasteiger partial charge in [0.05, 0.1) is 12.2 Å². The van der Waals surface area contributed by atoms with Gasteiger partial charge in [0.25, 0.3) is 5.91 Å². The van der Waals surface area contributed by atoms with E-state index in [1.807, 2.05) is 12.1 Å². The molecule has 144 valence electrons. The Hall–Kier alpha value is -2.64. The number of ether oxygens (including phenoxy) is 1. The van der Waals surface area contributed by atoms with Crippen LogP contribution in [0.1, 0.15) is 10.4 Å². The highest BCUT2D eigenvalue weighted by atomic mass is 16.5. The normalized spacial score (nSPS) is 14.8. The summed E-state index contributed by atoms with van der Waals surface area (Å²) in [7, 11) is 3.80. The van der Waals surface area contributed by atoms with Gasteiger partial charge in [0.2, 0.25) is 0 Å². The van der Waals surface area contributed by atoms with Crippen LogP contribution in [-0.2, 0) is 4.74 Å². The number of methoxy groups -OCH3 is 1. The minimum Gasteiger partial charge on any atom is -0.383 e. The summed E-state index contributed by atoms with van der Waals surface area (Å²) in [6.45, 7) is 5.48. The molecule has 0 saturated carbocycles. The van der Waals surface area contributed by atoms with Gasteiger partial charge in [0, 0.05) is 57.4 Å². The maximum Gasteiger partial charge on any atom is 0.257 e. The van der Waals surface area contributed by atoms with Gasteiger partial charge >= 0.3 is 0 Å². The average Bonchev–Trinajstić information content (AvgIpc) is 2.70. The number of nitrogens with zero attached hydrogens (tertiary/aromatic N) is 3. The third kappa shape index (κ3) is 5.42. The molecule has 0 atom stereocenters. The smallest absolute Gasteiger partial charge is 0.257 e. The first-order valence-corrected chi connectivity index (χ1v) is 9.19. The second-order valence-corrected chi connectivity index (χ2v) is 6.64. The molecule has 0 radical (unpaired) electrons. The summed E-state index contributed by atoms with van der Waals surface area (Å²) in [4.78, 5) is 21.4. The van der Waals surface area contributed by atoms with Crippen LogP contribution >= 0.6 is 0 Å². The van der Waals surface area contributed by atoms with E-state index >= 15 is 0 Å². The number of piperazine rings is 1. The highest BCUT2D eigenvalue weighted by Gasteiger charge is 2.14. The lowest BCUT2D eigenvalue weighted by atomic mass is 10.2. The molecule has 2 N–H and O–H groups in total. The second kappa shape index (κ2) is 9.34. The quantitative estimate of drug-likeness (QED) is 0.729. The van der Waals surface area contributed by atoms with Gasteiger partial charge < -0.3 is 25.2 Å². The van der Waals surface area contributed by atoms with E-state index in [9.17, 15) is 4.79 Å². The van der Waals surface area contributed by atoms with Gasteiger partial charge in [0.15, 0.2) is 0 Å². The first-order chi connectivity index (χ1) is 13.2. The largest absolute Gasteiger partial charge is 0.383 e. The van der Waals surface area contributed by atoms with Gasteiger partial charge in [-0.25, -0.2) is 4.98 Å². The Morgan fingerprint density at radius 1 is 1.11 bits per heavy atom. The van der Waals surface area contributed by atoms with Crippen LogP contribution in [-0.4, -0.2) is 69.3 Å². The maximum atomic E-state index is 12.4. The fourth-order valence-corrected chi connectivity index (χ4v) is 2.94. The van der Waals surface area contributed by atoms with E-state index in [4.69, 9.17) is 4.74 Å². The first-order valence-electron chi connectivity index (χ1n) is 9.19. The monoisotopic (exact) mass is 369 g/mol. The number of hydrogen-bond acceptors (Lipinski definition) is 6. The van der Waals surface area contributed by atoms with Crippen LogP contribution < -0.4 is 15.5 Å². The highest BCUT2D eigenvalue weighted by Crippen LogP contribution is 2.20. The van der Waals surface area contributed by atoms with Crippen molar-refractivity contribution in [3.8, 4) is 0 Å². The Labute approximate surface area is 160 Å². The molecular formula is C20H27N5O2. The molecule has 2 aromatic rings. The number of aromatic nitrogens is 1. The summed E-state index contributed by atoms with van der Waals surface area (Å²) in [5, 5.41) is 6.05. The third-order valence-corrected chi connectivity index (χ3v) is 4.63. The zero-order valence-corrected chi connectivity index (χ0v) is 15.9. The minimum atomic E-state index is -0.168. The summed E-state index contributed by atoms with van der Waals surface area (Å²) in [6.07, 6.45) is 1.57. The van der Waals surface area contributed by atoms with Gasteiger partial charge in [-0.1, -0.05) is 0 Å². The Kier molecular flexibility index (Phi) is 6.62. The molecule has 2 heterocycles. The van der Waals surface area contributed by atoms with E-state index < -0.39 is 0 Å². The van der Waals surface area contributed by atoms with E-state index in [-0.39, 0.29) is 5.91 Å². The van der Waals surface area contributed by atoms with Crippen molar-refractivity contribution >= 4 is 23.1 Å². The lowest BCUT2D eigenvalue weighted by Gasteiger charge is -2.34. The van der Waals surface area contributed by atoms with Gasteiger partial charge in [-0.15, -0.1) is 0 Å². The molecule has 1 saturated heterocycles. The van der Waals surface area contributed by atoms with Crippen molar-refractivity contribution < 1.29 is 9.53 Å². The maximum absolute atomic E-state index is 12.4. The molecule has 0 spiro atoms. The van der Waals surface area contributed by atoms with Crippen LogP contribution in [0.5, 0.6) is 0 Å². The lowest BCUT2D eigenvalue weighted by Crippen LogP contribution is -2.44. The summed E-state index contributed by atoms with van der Waals surface area (Å²) in [5.74, 6) is 0.554. The van der Waals surface area contributed by atoms with Crippen LogP contribution in [0.4, 0.5) is 17.2 Å². The van der Waals surface area contributed by atoms with Gasteiger partial charge in [-0.2, -0.15) is 0 Å². The van der Waals surface area contributed by atoms with Crippen molar-refractivity contribution in [3.63, 3.8) is 0 Å². The molecular weight excluding hydrogens is 342 g/mol. The molecule has 3 rings (SSSR count). The molecule has 7 heteroatoms. The second-order valence-electron chi connectivity index (χ2n) is 6.64. The number of anilines is 3. The van der Waals surface area contributed by atoms with Crippen LogP contribution in [0.2, 0.25) is 0 Å². The van der Waals surface area contributed by atoms with E-state index in [0.717, 1.165) is 37.7 Å². The van der Waals surface area contributed by atoms with Crippen LogP contribution in [0.15, 0.2) is 42.6 Å². The number of carbonyl (C=O) groups excluding carboxylic acids is 1. The third-order valence-electron chi connectivity index (χ3n) is 4.63. The molecule has 1 aliphatic heterocycles. The molecule has 1 fully saturated rings. The van der Waals surface area contributed by atoms with Crippen molar-refractivity contribution in [2.45, 2.75) is 0 Å². The number of likely N-dealkylation sites (N-methyl/N-ethyl adjacent to an activating group) is 1. The minimum absolute atomic E-state index is 0.168. The molecule has 1 amide bonds. The van der Waals surface area contributed by atoms with Crippen LogP contribution in [0.3, 0.4) is 0 Å². The van der Waals surface area contributed by atoms with E-state index in [0.29, 0.717) is 18.7 Å². The van der Waals surface area contributed by atoms with Crippen molar-refractivity contribution in [3.05, 3.63) is 48.2 Å². The number of rotatable bonds is 7. The topological polar surface area (TPSA) is 69.7 Å². The first kappa shape index (κ1) is 19.1. The summed E-state index contributed by atoms with van der Waals surface area (Å²) >= 11 is 0. The van der Waals surface area contributed by atoms with Gasteiger partial charge in [-0.05, 0) is 43.4 Å². The Bertz CT molecular complexity index is 725. The molecule has 0 unspecified atom stereocenters. The number of amides is 1. The Morgan fingerprint density at radius 3 is 2.48 bits per heavy atom. The van der Waals surface area contributed by atoms with Crippen molar-refractivity contribution in [2.75, 3.05) is 69.0 Å².